The standard InChI is InChI=1S/C16H21N3O3S2/c1-3-12-5-7-23-15(12)16(20)19-6-8-24(21,22)11-14(19)13-9-17-18(4-2)10-13/h5,7,9-10,14H,3-4,6,8,11H2,1-2H3/t14-/m1/s1. The Balaban J connectivity index is 1.96. The van der Waals surface area contributed by atoms with Crippen LogP contribution in [0.1, 0.15) is 40.7 Å². The van der Waals surface area contributed by atoms with E-state index in [1.54, 1.807) is 15.8 Å². The van der Waals surface area contributed by atoms with Gasteiger partial charge >= 0.3 is 0 Å². The Hall–Kier alpha value is -1.67. The van der Waals surface area contributed by atoms with Crippen LogP contribution in [0.5, 0.6) is 0 Å². The van der Waals surface area contributed by atoms with E-state index in [-0.39, 0.29) is 24.0 Å². The zero-order chi connectivity index (χ0) is 17.3. The summed E-state index contributed by atoms with van der Waals surface area (Å²) >= 11 is 1.42. The molecule has 0 radical (unpaired) electrons. The average Bonchev–Trinajstić information content (AvgIpc) is 3.22. The summed E-state index contributed by atoms with van der Waals surface area (Å²) in [5.41, 5.74) is 1.80. The van der Waals surface area contributed by atoms with Gasteiger partial charge in [-0.25, -0.2) is 8.42 Å². The van der Waals surface area contributed by atoms with E-state index in [9.17, 15) is 13.2 Å². The Bertz CT molecular complexity index is 838. The highest BCUT2D eigenvalue weighted by atomic mass is 32.2. The van der Waals surface area contributed by atoms with Gasteiger partial charge in [-0.05, 0) is 30.4 Å². The third-order valence-corrected chi connectivity index (χ3v) is 6.95. The minimum atomic E-state index is -3.16. The number of carbonyl (C=O) groups excluding carboxylic acids is 1. The Kier molecular flexibility index (Phi) is 4.78. The molecule has 0 unspecified atom stereocenters. The molecule has 1 saturated heterocycles. The highest BCUT2D eigenvalue weighted by Gasteiger charge is 2.37. The van der Waals surface area contributed by atoms with Crippen molar-refractivity contribution >= 4 is 27.1 Å². The Labute approximate surface area is 146 Å². The smallest absolute Gasteiger partial charge is 0.264 e. The molecule has 0 spiro atoms. The molecule has 2 aromatic rings. The van der Waals surface area contributed by atoms with Crippen molar-refractivity contribution in [2.75, 3.05) is 18.1 Å². The minimum Gasteiger partial charge on any atom is -0.329 e. The number of aryl methyl sites for hydroxylation is 2. The summed E-state index contributed by atoms with van der Waals surface area (Å²) in [6.45, 7) is 4.92. The molecule has 0 aromatic carbocycles. The maximum atomic E-state index is 13.0. The van der Waals surface area contributed by atoms with E-state index in [4.69, 9.17) is 0 Å². The summed E-state index contributed by atoms with van der Waals surface area (Å²) in [7, 11) is -3.16. The predicted molar refractivity (Wildman–Crippen MR) is 94.0 cm³/mol. The van der Waals surface area contributed by atoms with Crippen molar-refractivity contribution in [2.24, 2.45) is 0 Å². The maximum Gasteiger partial charge on any atom is 0.264 e. The Morgan fingerprint density at radius 3 is 2.88 bits per heavy atom. The molecule has 3 rings (SSSR count). The fourth-order valence-electron chi connectivity index (χ4n) is 2.98. The minimum absolute atomic E-state index is 0.0178. The highest BCUT2D eigenvalue weighted by molar-refractivity contribution is 7.91. The van der Waals surface area contributed by atoms with Gasteiger partial charge in [-0.1, -0.05) is 6.92 Å². The summed E-state index contributed by atoms with van der Waals surface area (Å²) in [5.74, 6) is -0.101. The number of amides is 1. The van der Waals surface area contributed by atoms with Crippen molar-refractivity contribution in [3.63, 3.8) is 0 Å². The monoisotopic (exact) mass is 367 g/mol. The molecule has 1 aliphatic heterocycles. The van der Waals surface area contributed by atoms with Crippen molar-refractivity contribution in [3.05, 3.63) is 39.8 Å². The molecule has 0 N–H and O–H groups in total. The van der Waals surface area contributed by atoms with Crippen molar-refractivity contribution in [1.29, 1.82) is 0 Å². The van der Waals surface area contributed by atoms with Gasteiger partial charge in [-0.2, -0.15) is 5.10 Å². The number of carbonyl (C=O) groups is 1. The molecule has 1 aliphatic rings. The second kappa shape index (κ2) is 6.68. The molecule has 0 bridgehead atoms. The topological polar surface area (TPSA) is 72.3 Å². The Morgan fingerprint density at radius 1 is 1.42 bits per heavy atom. The first kappa shape index (κ1) is 17.2. The first-order valence-electron chi connectivity index (χ1n) is 8.05. The van der Waals surface area contributed by atoms with Crippen LogP contribution < -0.4 is 0 Å². The molecular weight excluding hydrogens is 346 g/mol. The Morgan fingerprint density at radius 2 is 2.21 bits per heavy atom. The van der Waals surface area contributed by atoms with E-state index in [0.717, 1.165) is 17.5 Å². The van der Waals surface area contributed by atoms with Gasteiger partial charge < -0.3 is 4.90 Å². The summed E-state index contributed by atoms with van der Waals surface area (Å²) < 4.78 is 26.0. The molecular formula is C16H21N3O3S2. The van der Waals surface area contributed by atoms with E-state index in [2.05, 4.69) is 5.10 Å². The average molecular weight is 367 g/mol. The van der Waals surface area contributed by atoms with Crippen LogP contribution in [0.25, 0.3) is 0 Å². The van der Waals surface area contributed by atoms with Crippen LogP contribution >= 0.6 is 11.3 Å². The third kappa shape index (κ3) is 3.25. The fourth-order valence-corrected chi connectivity index (χ4v) is 5.43. The lowest BCUT2D eigenvalue weighted by Crippen LogP contribution is -2.46. The zero-order valence-electron chi connectivity index (χ0n) is 13.8. The first-order valence-corrected chi connectivity index (χ1v) is 10.8. The van der Waals surface area contributed by atoms with Crippen LogP contribution in [0.15, 0.2) is 23.8 Å². The number of nitrogens with zero attached hydrogens (tertiary/aromatic N) is 3. The quantitative estimate of drug-likeness (QED) is 0.830. The molecule has 1 atom stereocenters. The van der Waals surface area contributed by atoms with Crippen LogP contribution in [0.4, 0.5) is 0 Å². The van der Waals surface area contributed by atoms with E-state index in [1.165, 1.54) is 11.3 Å². The largest absolute Gasteiger partial charge is 0.329 e. The molecule has 6 nitrogen and oxygen atoms in total. The third-order valence-electron chi connectivity index (χ3n) is 4.38. The van der Waals surface area contributed by atoms with E-state index in [0.29, 0.717) is 11.4 Å². The van der Waals surface area contributed by atoms with Gasteiger partial charge in [-0.15, -0.1) is 11.3 Å². The van der Waals surface area contributed by atoms with Gasteiger partial charge in [0, 0.05) is 24.8 Å². The maximum absolute atomic E-state index is 13.0. The van der Waals surface area contributed by atoms with Crippen molar-refractivity contribution in [3.8, 4) is 0 Å². The summed E-state index contributed by atoms with van der Waals surface area (Å²) in [5, 5.41) is 6.15. The lowest BCUT2D eigenvalue weighted by Gasteiger charge is -2.35. The van der Waals surface area contributed by atoms with Gasteiger partial charge in [-0.3, -0.25) is 9.48 Å². The molecule has 0 saturated carbocycles. The van der Waals surface area contributed by atoms with E-state index in [1.807, 2.05) is 31.5 Å². The number of sulfone groups is 1. The van der Waals surface area contributed by atoms with Gasteiger partial charge in [0.15, 0.2) is 9.84 Å². The van der Waals surface area contributed by atoms with E-state index >= 15 is 0 Å². The van der Waals surface area contributed by atoms with E-state index < -0.39 is 15.9 Å². The van der Waals surface area contributed by atoms with Crippen molar-refractivity contribution < 1.29 is 13.2 Å². The predicted octanol–water partition coefficient (Wildman–Crippen LogP) is 2.14. The number of rotatable bonds is 4. The molecule has 2 aromatic heterocycles. The zero-order valence-corrected chi connectivity index (χ0v) is 15.4. The van der Waals surface area contributed by atoms with Crippen LogP contribution in [-0.2, 0) is 22.8 Å². The molecule has 1 fully saturated rings. The lowest BCUT2D eigenvalue weighted by atomic mass is 10.1. The SMILES string of the molecule is CCc1ccsc1C(=O)N1CCS(=O)(=O)C[C@@H]1c1cnn(CC)c1. The first-order chi connectivity index (χ1) is 11.4. The van der Waals surface area contributed by atoms with Crippen LogP contribution in [0.2, 0.25) is 0 Å². The summed E-state index contributed by atoms with van der Waals surface area (Å²) in [6.07, 6.45) is 4.29. The molecule has 0 aliphatic carbocycles. The van der Waals surface area contributed by atoms with Crippen molar-refractivity contribution in [2.45, 2.75) is 32.9 Å². The molecule has 3 heterocycles. The summed E-state index contributed by atoms with van der Waals surface area (Å²) in [6, 6.07) is 1.49. The number of thiophene rings is 1. The molecule has 130 valence electrons. The fraction of sp³-hybridized carbons (Fsp3) is 0.500. The van der Waals surface area contributed by atoms with Gasteiger partial charge in [0.25, 0.3) is 5.91 Å². The second-order valence-electron chi connectivity index (χ2n) is 5.89. The lowest BCUT2D eigenvalue weighted by molar-refractivity contribution is 0.0701. The highest BCUT2D eigenvalue weighted by Crippen LogP contribution is 2.30. The van der Waals surface area contributed by atoms with Crippen LogP contribution in [0, 0.1) is 0 Å². The summed E-state index contributed by atoms with van der Waals surface area (Å²) in [4.78, 5) is 15.4. The number of hydrogen-bond donors (Lipinski definition) is 0. The van der Waals surface area contributed by atoms with Crippen LogP contribution in [-0.4, -0.2) is 47.1 Å². The van der Waals surface area contributed by atoms with Gasteiger partial charge in [0.05, 0.1) is 28.6 Å². The molecule has 24 heavy (non-hydrogen) atoms. The van der Waals surface area contributed by atoms with Crippen LogP contribution in [0.3, 0.4) is 0 Å². The van der Waals surface area contributed by atoms with Gasteiger partial charge in [0.2, 0.25) is 0 Å². The van der Waals surface area contributed by atoms with Crippen molar-refractivity contribution in [1.82, 2.24) is 14.7 Å². The molecule has 8 heteroatoms. The number of aromatic nitrogens is 2. The molecule has 1 amide bonds. The second-order valence-corrected chi connectivity index (χ2v) is 9.03. The van der Waals surface area contributed by atoms with Gasteiger partial charge in [0.1, 0.15) is 0 Å². The number of hydrogen-bond acceptors (Lipinski definition) is 5. The normalized spacial score (nSPS) is 20.2.